The summed E-state index contributed by atoms with van der Waals surface area (Å²) in [4.78, 5) is 24.5. The minimum absolute atomic E-state index is 0.0931. The summed E-state index contributed by atoms with van der Waals surface area (Å²) in [7, 11) is 0. The first kappa shape index (κ1) is 22.8. The van der Waals surface area contributed by atoms with Crippen molar-refractivity contribution in [3.05, 3.63) is 108 Å². The summed E-state index contributed by atoms with van der Waals surface area (Å²) in [5.74, 6) is -0.0614. The van der Waals surface area contributed by atoms with Gasteiger partial charge in [0.25, 0.3) is 0 Å². The molecule has 0 amide bonds. The monoisotopic (exact) mass is 458 g/mol. The highest BCUT2D eigenvalue weighted by molar-refractivity contribution is 5.70. The Morgan fingerprint density at radius 3 is 2.44 bits per heavy atom. The van der Waals surface area contributed by atoms with Crippen molar-refractivity contribution in [3.63, 3.8) is 0 Å². The molecule has 0 fully saturated rings. The molecule has 0 aliphatic heterocycles. The lowest BCUT2D eigenvalue weighted by molar-refractivity contribution is -0.138. The van der Waals surface area contributed by atoms with E-state index in [-0.39, 0.29) is 12.4 Å². The third-order valence-electron chi connectivity index (χ3n) is 5.46. The Balaban J connectivity index is 1.51. The van der Waals surface area contributed by atoms with Gasteiger partial charge in [-0.3, -0.25) is 4.79 Å². The van der Waals surface area contributed by atoms with Crippen molar-refractivity contribution in [1.82, 2.24) is 15.0 Å². The van der Waals surface area contributed by atoms with Crippen LogP contribution in [0.3, 0.4) is 0 Å². The normalized spacial score (nSPS) is 12.5. The zero-order valence-corrected chi connectivity index (χ0v) is 18.5. The van der Waals surface area contributed by atoms with E-state index in [2.05, 4.69) is 20.3 Å². The van der Waals surface area contributed by atoms with E-state index in [9.17, 15) is 14.3 Å². The Bertz CT molecular complexity index is 1250. The quantitative estimate of drug-likeness (QED) is 0.356. The maximum absolute atomic E-state index is 13.4. The van der Waals surface area contributed by atoms with E-state index >= 15 is 0 Å². The van der Waals surface area contributed by atoms with Crippen molar-refractivity contribution in [2.75, 3.05) is 5.32 Å². The number of carboxylic acid groups (broad SMARTS) is 1. The summed E-state index contributed by atoms with van der Waals surface area (Å²) in [5.41, 5.74) is 1.13. The number of hydrogen-bond donors (Lipinski definition) is 2. The van der Waals surface area contributed by atoms with Crippen LogP contribution in [0.5, 0.6) is 11.8 Å². The van der Waals surface area contributed by atoms with Gasteiger partial charge in [-0.25, -0.2) is 14.4 Å². The van der Waals surface area contributed by atoms with Gasteiger partial charge in [0, 0.05) is 24.4 Å². The first-order chi connectivity index (χ1) is 16.4. The van der Waals surface area contributed by atoms with Crippen LogP contribution in [0.15, 0.2) is 85.2 Å². The van der Waals surface area contributed by atoms with Crippen LogP contribution in [0.25, 0.3) is 0 Å². The molecule has 34 heavy (non-hydrogen) atoms. The first-order valence-corrected chi connectivity index (χ1v) is 10.7. The molecule has 0 aliphatic rings. The summed E-state index contributed by atoms with van der Waals surface area (Å²) in [6.07, 6.45) is 3.02. The predicted molar refractivity (Wildman–Crippen MR) is 125 cm³/mol. The first-order valence-electron chi connectivity index (χ1n) is 10.7. The summed E-state index contributed by atoms with van der Waals surface area (Å²) in [6, 6.07) is 20.6. The molecule has 2 aromatic heterocycles. The molecule has 1 atom stereocenters. The number of nitrogens with one attached hydrogen (secondary N) is 1. The summed E-state index contributed by atoms with van der Waals surface area (Å²) >= 11 is 0. The van der Waals surface area contributed by atoms with Crippen molar-refractivity contribution in [1.29, 1.82) is 0 Å². The van der Waals surface area contributed by atoms with Crippen LogP contribution < -0.4 is 10.1 Å². The molecule has 0 aliphatic carbocycles. The third kappa shape index (κ3) is 5.53. The number of carboxylic acids is 1. The molecule has 0 saturated carbocycles. The number of nitrogens with zero attached hydrogens (tertiary/aromatic N) is 3. The number of anilines is 1. The molecule has 0 saturated heterocycles. The van der Waals surface area contributed by atoms with Gasteiger partial charge >= 0.3 is 12.0 Å². The predicted octanol–water partition coefficient (Wildman–Crippen LogP) is 5.20. The van der Waals surface area contributed by atoms with Crippen molar-refractivity contribution in [3.8, 4) is 11.8 Å². The van der Waals surface area contributed by atoms with Crippen LogP contribution >= 0.6 is 0 Å². The molecule has 4 rings (SSSR count). The van der Waals surface area contributed by atoms with E-state index in [0.29, 0.717) is 23.6 Å². The summed E-state index contributed by atoms with van der Waals surface area (Å²) in [6.45, 7) is 2.36. The minimum atomic E-state index is -0.998. The van der Waals surface area contributed by atoms with Crippen molar-refractivity contribution in [2.45, 2.75) is 25.3 Å². The zero-order chi connectivity index (χ0) is 24.0. The van der Waals surface area contributed by atoms with Crippen LogP contribution in [-0.4, -0.2) is 26.0 Å². The number of halogens is 1. The second-order valence-corrected chi connectivity index (χ2v) is 7.95. The SMILES string of the molecule is CC(CC(=O)O)(c1ccc(F)cc1)c1ccnc(Oc2ccc(CNc3ccccn3)cc2)n1. The molecule has 172 valence electrons. The van der Waals surface area contributed by atoms with Crippen LogP contribution in [0, 0.1) is 5.82 Å². The average Bonchev–Trinajstić information content (AvgIpc) is 2.84. The van der Waals surface area contributed by atoms with Crippen molar-refractivity contribution in [2.24, 2.45) is 0 Å². The zero-order valence-electron chi connectivity index (χ0n) is 18.5. The fraction of sp³-hybridized carbons (Fsp3) is 0.154. The third-order valence-corrected chi connectivity index (χ3v) is 5.46. The Kier molecular flexibility index (Phi) is 6.77. The van der Waals surface area contributed by atoms with Gasteiger partial charge in [0.15, 0.2) is 0 Å². The lowest BCUT2D eigenvalue weighted by Crippen LogP contribution is -2.28. The van der Waals surface area contributed by atoms with Gasteiger partial charge in [-0.15, -0.1) is 0 Å². The Morgan fingerprint density at radius 2 is 1.76 bits per heavy atom. The highest BCUT2D eigenvalue weighted by Crippen LogP contribution is 2.35. The van der Waals surface area contributed by atoms with Crippen LogP contribution in [0.1, 0.15) is 30.2 Å². The average molecular weight is 458 g/mol. The van der Waals surface area contributed by atoms with Crippen LogP contribution in [0.2, 0.25) is 0 Å². The smallest absolute Gasteiger partial charge is 0.322 e. The molecule has 2 N–H and O–H groups in total. The molecule has 2 heterocycles. The molecular weight excluding hydrogens is 435 g/mol. The number of aromatic nitrogens is 3. The van der Waals surface area contributed by atoms with Gasteiger partial charge in [-0.05, 0) is 60.5 Å². The van der Waals surface area contributed by atoms with Gasteiger partial charge in [0.05, 0.1) is 12.1 Å². The number of hydrogen-bond acceptors (Lipinski definition) is 6. The number of rotatable bonds is 9. The number of ether oxygens (including phenoxy) is 1. The molecule has 0 bridgehead atoms. The van der Waals surface area contributed by atoms with Crippen LogP contribution in [0.4, 0.5) is 10.2 Å². The van der Waals surface area contributed by atoms with E-state index in [0.717, 1.165) is 11.4 Å². The number of aliphatic carboxylic acids is 1. The standard InChI is InChI=1S/C26H23FN4O3/c1-26(16-24(32)33,19-7-9-20(27)10-8-19)22-13-15-29-25(31-22)34-21-11-5-18(6-12-21)17-30-23-4-2-3-14-28-23/h2-15H,16-17H2,1H3,(H,28,30)(H,32,33). The molecule has 7 nitrogen and oxygen atoms in total. The Morgan fingerprint density at radius 1 is 1.00 bits per heavy atom. The van der Waals surface area contributed by atoms with E-state index in [1.54, 1.807) is 31.3 Å². The highest BCUT2D eigenvalue weighted by atomic mass is 19.1. The number of carbonyl (C=O) groups is 1. The van der Waals surface area contributed by atoms with Crippen LogP contribution in [-0.2, 0) is 16.8 Å². The lowest BCUT2D eigenvalue weighted by Gasteiger charge is -2.28. The van der Waals surface area contributed by atoms with E-state index in [1.165, 1.54) is 18.3 Å². The van der Waals surface area contributed by atoms with E-state index < -0.39 is 17.2 Å². The molecule has 4 aromatic rings. The highest BCUT2D eigenvalue weighted by Gasteiger charge is 2.34. The Hall–Kier alpha value is -4.33. The lowest BCUT2D eigenvalue weighted by atomic mass is 9.76. The summed E-state index contributed by atoms with van der Waals surface area (Å²) in [5, 5.41) is 12.8. The van der Waals surface area contributed by atoms with E-state index in [1.807, 2.05) is 42.5 Å². The fourth-order valence-electron chi connectivity index (χ4n) is 3.60. The van der Waals surface area contributed by atoms with Gasteiger partial charge in [-0.1, -0.05) is 30.3 Å². The molecule has 2 aromatic carbocycles. The molecule has 0 spiro atoms. The maximum Gasteiger partial charge on any atom is 0.322 e. The maximum atomic E-state index is 13.4. The number of benzene rings is 2. The van der Waals surface area contributed by atoms with Crippen molar-refractivity contribution < 1.29 is 19.0 Å². The van der Waals surface area contributed by atoms with Gasteiger partial charge < -0.3 is 15.2 Å². The van der Waals surface area contributed by atoms with Gasteiger partial charge in [0.1, 0.15) is 17.4 Å². The number of pyridine rings is 1. The summed E-state index contributed by atoms with van der Waals surface area (Å²) < 4.78 is 19.3. The molecule has 0 radical (unpaired) electrons. The largest absolute Gasteiger partial charge is 0.481 e. The van der Waals surface area contributed by atoms with Crippen molar-refractivity contribution >= 4 is 11.8 Å². The molecule has 8 heteroatoms. The minimum Gasteiger partial charge on any atom is -0.481 e. The van der Waals surface area contributed by atoms with Gasteiger partial charge in [-0.2, -0.15) is 4.98 Å². The molecule has 1 unspecified atom stereocenters. The second-order valence-electron chi connectivity index (χ2n) is 7.95. The molecular formula is C26H23FN4O3. The van der Waals surface area contributed by atoms with Gasteiger partial charge in [0.2, 0.25) is 0 Å². The van der Waals surface area contributed by atoms with E-state index in [4.69, 9.17) is 4.74 Å². The topological polar surface area (TPSA) is 97.2 Å². The second kappa shape index (κ2) is 10.1. The Labute approximate surface area is 196 Å². The fourth-order valence-corrected chi connectivity index (χ4v) is 3.60.